The molecule has 0 aromatic rings. The lowest BCUT2D eigenvalue weighted by Gasteiger charge is -2.34. The number of urea groups is 1. The maximum Gasteiger partial charge on any atom is 0.329 e. The van der Waals surface area contributed by atoms with Gasteiger partial charge >= 0.3 is 12.0 Å². The molecule has 1 rings (SSSR count). The Labute approximate surface area is 107 Å². The molecule has 0 aromatic carbocycles. The van der Waals surface area contributed by atoms with Gasteiger partial charge in [0.1, 0.15) is 5.54 Å². The molecule has 18 heavy (non-hydrogen) atoms. The minimum atomic E-state index is -1.10. The van der Waals surface area contributed by atoms with Crippen molar-refractivity contribution in [2.24, 2.45) is 0 Å². The number of carboxylic acids is 1. The van der Waals surface area contributed by atoms with Crippen molar-refractivity contribution in [3.05, 3.63) is 0 Å². The molecular formula is C12H22N2O4. The third-order valence-corrected chi connectivity index (χ3v) is 3.54. The maximum atomic E-state index is 12.2. The highest BCUT2D eigenvalue weighted by Crippen LogP contribution is 2.30. The average Bonchev–Trinajstić information content (AvgIpc) is 2.68. The number of carbonyl (C=O) groups is 2. The van der Waals surface area contributed by atoms with Gasteiger partial charge in [0, 0.05) is 20.1 Å². The Bertz CT molecular complexity index is 332. The first kappa shape index (κ1) is 14.8. The van der Waals surface area contributed by atoms with E-state index in [9.17, 15) is 19.8 Å². The predicted molar refractivity (Wildman–Crippen MR) is 66.3 cm³/mol. The lowest BCUT2D eigenvalue weighted by Crippen LogP contribution is -2.54. The lowest BCUT2D eigenvalue weighted by molar-refractivity contribution is -0.147. The van der Waals surface area contributed by atoms with Crippen LogP contribution in [0.5, 0.6) is 0 Å². The van der Waals surface area contributed by atoms with Crippen LogP contribution < -0.4 is 0 Å². The standard InChI is InChI=1S/C12H22N2O4/c1-9(15)5-8-13(3)11(18)14-7-4-6-12(14,2)10(16)17/h9,15H,4-8H2,1-3H3,(H,16,17). The smallest absolute Gasteiger partial charge is 0.329 e. The summed E-state index contributed by atoms with van der Waals surface area (Å²) in [5, 5.41) is 18.4. The summed E-state index contributed by atoms with van der Waals surface area (Å²) in [5.74, 6) is -0.961. The number of hydrogen-bond acceptors (Lipinski definition) is 3. The van der Waals surface area contributed by atoms with Gasteiger partial charge in [0.2, 0.25) is 0 Å². The molecule has 0 aliphatic carbocycles. The zero-order valence-electron chi connectivity index (χ0n) is 11.2. The molecule has 104 valence electrons. The lowest BCUT2D eigenvalue weighted by atomic mass is 10.00. The number of aliphatic carboxylic acids is 1. The van der Waals surface area contributed by atoms with E-state index in [1.807, 2.05) is 0 Å². The second-order valence-corrected chi connectivity index (χ2v) is 5.18. The summed E-state index contributed by atoms with van der Waals surface area (Å²) in [4.78, 5) is 26.3. The van der Waals surface area contributed by atoms with Crippen molar-refractivity contribution in [3.63, 3.8) is 0 Å². The Hall–Kier alpha value is -1.30. The van der Waals surface area contributed by atoms with Crippen molar-refractivity contribution in [1.82, 2.24) is 9.80 Å². The number of amides is 2. The van der Waals surface area contributed by atoms with E-state index in [2.05, 4.69) is 0 Å². The normalized spacial score (nSPS) is 25.0. The minimum absolute atomic E-state index is 0.280. The summed E-state index contributed by atoms with van der Waals surface area (Å²) in [7, 11) is 1.63. The second-order valence-electron chi connectivity index (χ2n) is 5.18. The SMILES string of the molecule is CC(O)CCN(C)C(=O)N1CCCC1(C)C(=O)O. The van der Waals surface area contributed by atoms with Crippen LogP contribution in [0.3, 0.4) is 0 Å². The highest BCUT2D eigenvalue weighted by molar-refractivity contribution is 5.86. The van der Waals surface area contributed by atoms with Crippen LogP contribution in [0.25, 0.3) is 0 Å². The summed E-state index contributed by atoms with van der Waals surface area (Å²) < 4.78 is 0. The van der Waals surface area contributed by atoms with Crippen LogP contribution in [-0.4, -0.2) is 63.8 Å². The molecular weight excluding hydrogens is 236 g/mol. The summed E-state index contributed by atoms with van der Waals surface area (Å²) in [6.07, 6.45) is 1.21. The van der Waals surface area contributed by atoms with E-state index in [1.165, 1.54) is 9.80 Å². The first-order valence-corrected chi connectivity index (χ1v) is 6.23. The number of nitrogens with zero attached hydrogens (tertiary/aromatic N) is 2. The molecule has 1 fully saturated rings. The number of rotatable bonds is 4. The van der Waals surface area contributed by atoms with E-state index in [1.54, 1.807) is 20.9 Å². The second kappa shape index (κ2) is 5.56. The largest absolute Gasteiger partial charge is 0.480 e. The Morgan fingerprint density at radius 3 is 2.61 bits per heavy atom. The zero-order chi connectivity index (χ0) is 13.9. The topological polar surface area (TPSA) is 81.1 Å². The van der Waals surface area contributed by atoms with E-state index >= 15 is 0 Å². The zero-order valence-corrected chi connectivity index (χ0v) is 11.2. The van der Waals surface area contributed by atoms with Crippen LogP contribution in [0.1, 0.15) is 33.1 Å². The van der Waals surface area contributed by atoms with Crippen molar-refractivity contribution >= 4 is 12.0 Å². The highest BCUT2D eigenvalue weighted by atomic mass is 16.4. The minimum Gasteiger partial charge on any atom is -0.480 e. The molecule has 1 aliphatic rings. The van der Waals surface area contributed by atoms with Crippen LogP contribution >= 0.6 is 0 Å². The molecule has 2 atom stereocenters. The summed E-state index contributed by atoms with van der Waals surface area (Å²) in [5.41, 5.74) is -1.10. The third kappa shape index (κ3) is 2.93. The van der Waals surface area contributed by atoms with Crippen LogP contribution in [0.2, 0.25) is 0 Å². The molecule has 0 bridgehead atoms. The van der Waals surface area contributed by atoms with Crippen molar-refractivity contribution in [1.29, 1.82) is 0 Å². The van der Waals surface area contributed by atoms with E-state index in [-0.39, 0.29) is 6.03 Å². The van der Waals surface area contributed by atoms with Crippen molar-refractivity contribution in [2.75, 3.05) is 20.1 Å². The van der Waals surface area contributed by atoms with E-state index in [4.69, 9.17) is 0 Å². The first-order valence-electron chi connectivity index (χ1n) is 6.23. The van der Waals surface area contributed by atoms with Crippen LogP contribution in [0.15, 0.2) is 0 Å². The molecule has 2 N–H and O–H groups in total. The predicted octanol–water partition coefficient (Wildman–Crippen LogP) is 0.748. The van der Waals surface area contributed by atoms with Gasteiger partial charge in [0.15, 0.2) is 0 Å². The van der Waals surface area contributed by atoms with Gasteiger partial charge in [-0.25, -0.2) is 9.59 Å². The number of carbonyl (C=O) groups excluding carboxylic acids is 1. The quantitative estimate of drug-likeness (QED) is 0.779. The van der Waals surface area contributed by atoms with Crippen molar-refractivity contribution in [2.45, 2.75) is 44.8 Å². The molecule has 0 aromatic heterocycles. The molecule has 0 saturated carbocycles. The van der Waals surface area contributed by atoms with E-state index in [0.29, 0.717) is 32.4 Å². The van der Waals surface area contributed by atoms with Crippen molar-refractivity contribution < 1.29 is 19.8 Å². The Balaban J connectivity index is 2.68. The molecule has 2 unspecified atom stereocenters. The molecule has 0 spiro atoms. The van der Waals surface area contributed by atoms with Gasteiger partial charge in [-0.2, -0.15) is 0 Å². The summed E-state index contributed by atoms with van der Waals surface area (Å²) in [6, 6.07) is -0.280. The number of likely N-dealkylation sites (tertiary alicyclic amines) is 1. The van der Waals surface area contributed by atoms with E-state index in [0.717, 1.165) is 0 Å². The van der Waals surface area contributed by atoms with Gasteiger partial charge in [-0.1, -0.05) is 0 Å². The van der Waals surface area contributed by atoms with Gasteiger partial charge < -0.3 is 20.0 Å². The molecule has 1 heterocycles. The Morgan fingerprint density at radius 2 is 2.11 bits per heavy atom. The van der Waals surface area contributed by atoms with Gasteiger partial charge in [-0.15, -0.1) is 0 Å². The fraction of sp³-hybridized carbons (Fsp3) is 0.833. The van der Waals surface area contributed by atoms with Gasteiger partial charge in [0.25, 0.3) is 0 Å². The monoisotopic (exact) mass is 258 g/mol. The van der Waals surface area contributed by atoms with Gasteiger partial charge in [-0.05, 0) is 33.1 Å². The fourth-order valence-electron chi connectivity index (χ4n) is 2.17. The summed E-state index contributed by atoms with van der Waals surface area (Å²) >= 11 is 0. The number of carboxylic acid groups (broad SMARTS) is 1. The van der Waals surface area contributed by atoms with Crippen molar-refractivity contribution in [3.8, 4) is 0 Å². The van der Waals surface area contributed by atoms with Gasteiger partial charge in [-0.3, -0.25) is 0 Å². The third-order valence-electron chi connectivity index (χ3n) is 3.54. The van der Waals surface area contributed by atoms with Crippen LogP contribution in [-0.2, 0) is 4.79 Å². The number of aliphatic hydroxyl groups excluding tert-OH is 1. The molecule has 2 amide bonds. The molecule has 6 heteroatoms. The molecule has 1 aliphatic heterocycles. The maximum absolute atomic E-state index is 12.2. The first-order chi connectivity index (χ1) is 8.29. The van der Waals surface area contributed by atoms with Crippen LogP contribution in [0.4, 0.5) is 4.79 Å². The van der Waals surface area contributed by atoms with Crippen LogP contribution in [0, 0.1) is 0 Å². The number of hydrogen-bond donors (Lipinski definition) is 2. The Morgan fingerprint density at radius 1 is 1.50 bits per heavy atom. The molecule has 6 nitrogen and oxygen atoms in total. The number of aliphatic hydroxyl groups is 1. The fourth-order valence-corrected chi connectivity index (χ4v) is 2.17. The molecule has 0 radical (unpaired) electrons. The van der Waals surface area contributed by atoms with Gasteiger partial charge in [0.05, 0.1) is 6.10 Å². The highest BCUT2D eigenvalue weighted by Gasteiger charge is 2.46. The average molecular weight is 258 g/mol. The molecule has 1 saturated heterocycles. The Kier molecular flexibility index (Phi) is 4.56. The van der Waals surface area contributed by atoms with E-state index < -0.39 is 17.6 Å². The summed E-state index contributed by atoms with van der Waals surface area (Å²) in [6.45, 7) is 4.14.